The molecule has 4 aromatic rings. The van der Waals surface area contributed by atoms with E-state index in [0.29, 0.717) is 29.1 Å². The van der Waals surface area contributed by atoms with Crippen LogP contribution in [0.2, 0.25) is 0 Å². The SMILES string of the molecule is CC(CCNC(=O)N=C1SCCCN1c1ccc(F)cc1C(C)C)Cc1ccc(-c2ncn(-c3ccc(OC(F)(F)F)cc3)n2)cc1. The molecule has 0 bridgehead atoms. The number of anilines is 1. The number of urea groups is 1. The Hall–Kier alpha value is -4.39. The van der Waals surface area contributed by atoms with E-state index in [1.807, 2.05) is 43.0 Å². The number of hydrogen-bond donors (Lipinski definition) is 1. The molecule has 1 aliphatic rings. The molecule has 5 rings (SSSR count). The Morgan fingerprint density at radius 3 is 2.51 bits per heavy atom. The average Bonchev–Trinajstić information content (AvgIpc) is 3.52. The van der Waals surface area contributed by atoms with Gasteiger partial charge in [0.25, 0.3) is 0 Å². The van der Waals surface area contributed by atoms with E-state index >= 15 is 0 Å². The second-order valence-corrected chi connectivity index (χ2v) is 12.7. The molecule has 0 aliphatic carbocycles. The third-order valence-electron chi connectivity index (χ3n) is 7.62. The summed E-state index contributed by atoms with van der Waals surface area (Å²) in [5.74, 6) is 1.19. The molecule has 248 valence electrons. The molecule has 8 nitrogen and oxygen atoms in total. The molecular weight excluding hydrogens is 632 g/mol. The lowest BCUT2D eigenvalue weighted by Gasteiger charge is -2.32. The first-order valence-corrected chi connectivity index (χ1v) is 16.4. The van der Waals surface area contributed by atoms with Crippen molar-refractivity contribution in [3.8, 4) is 22.8 Å². The van der Waals surface area contributed by atoms with Gasteiger partial charge in [-0.2, -0.15) is 4.99 Å². The van der Waals surface area contributed by atoms with Gasteiger partial charge in [0.1, 0.15) is 17.9 Å². The fraction of sp³-hybridized carbons (Fsp3) is 0.353. The third-order valence-corrected chi connectivity index (χ3v) is 8.69. The van der Waals surface area contributed by atoms with Crippen molar-refractivity contribution in [2.75, 3.05) is 23.7 Å². The number of aromatic nitrogens is 3. The maximum absolute atomic E-state index is 14.0. The van der Waals surface area contributed by atoms with E-state index in [1.165, 1.54) is 53.1 Å². The van der Waals surface area contributed by atoms with Gasteiger partial charge in [-0.1, -0.05) is 56.8 Å². The van der Waals surface area contributed by atoms with Crippen molar-refractivity contribution in [3.63, 3.8) is 0 Å². The molecule has 1 unspecified atom stereocenters. The van der Waals surface area contributed by atoms with Gasteiger partial charge in [0, 0.05) is 30.1 Å². The van der Waals surface area contributed by atoms with E-state index < -0.39 is 6.36 Å². The standard InChI is InChI=1S/C34H36F4N6O2S/c1-22(2)29-20-26(35)9-14-30(29)43-17-4-18-47-33(43)41-32(45)39-16-15-23(3)19-24-5-7-25(8-6-24)31-40-21-44(42-31)27-10-12-28(13-11-27)46-34(36,37)38/h5-14,20-23H,4,15-19H2,1-3H3,(H,39,45). The number of hydrogen-bond acceptors (Lipinski definition) is 5. The van der Waals surface area contributed by atoms with Gasteiger partial charge in [-0.3, -0.25) is 0 Å². The number of benzene rings is 3. The van der Waals surface area contributed by atoms with Crippen molar-refractivity contribution in [1.29, 1.82) is 0 Å². The van der Waals surface area contributed by atoms with Gasteiger partial charge in [0.2, 0.25) is 0 Å². The van der Waals surface area contributed by atoms with Crippen molar-refractivity contribution < 1.29 is 27.1 Å². The summed E-state index contributed by atoms with van der Waals surface area (Å²) in [4.78, 5) is 23.5. The molecule has 3 aromatic carbocycles. The van der Waals surface area contributed by atoms with E-state index in [0.717, 1.165) is 53.9 Å². The van der Waals surface area contributed by atoms with Gasteiger partial charge in [-0.05, 0) is 84.7 Å². The molecular formula is C34H36F4N6O2S. The highest BCUT2D eigenvalue weighted by Gasteiger charge is 2.31. The number of amides is 2. The zero-order valence-corrected chi connectivity index (χ0v) is 27.1. The van der Waals surface area contributed by atoms with Gasteiger partial charge in [-0.25, -0.2) is 18.9 Å². The molecule has 1 atom stereocenters. The summed E-state index contributed by atoms with van der Waals surface area (Å²) in [5.41, 5.74) is 4.25. The third kappa shape index (κ3) is 9.34. The number of halogens is 4. The smallest absolute Gasteiger partial charge is 0.406 e. The Labute approximate surface area is 275 Å². The molecule has 1 aromatic heterocycles. The first-order chi connectivity index (χ1) is 22.4. The van der Waals surface area contributed by atoms with Crippen LogP contribution in [0, 0.1) is 11.7 Å². The van der Waals surface area contributed by atoms with Gasteiger partial charge in [0.05, 0.1) is 5.69 Å². The van der Waals surface area contributed by atoms with Crippen molar-refractivity contribution >= 4 is 28.6 Å². The fourth-order valence-corrected chi connectivity index (χ4v) is 6.22. The van der Waals surface area contributed by atoms with E-state index in [4.69, 9.17) is 0 Å². The number of alkyl halides is 3. The molecule has 1 N–H and O–H groups in total. The van der Waals surface area contributed by atoms with Crippen molar-refractivity contribution in [2.45, 2.75) is 52.3 Å². The summed E-state index contributed by atoms with van der Waals surface area (Å²) in [6.45, 7) is 7.37. The number of nitrogens with zero attached hydrogens (tertiary/aromatic N) is 5. The zero-order chi connectivity index (χ0) is 33.6. The maximum Gasteiger partial charge on any atom is 0.573 e. The Bertz CT molecular complexity index is 1690. The number of rotatable bonds is 10. The van der Waals surface area contributed by atoms with Crippen LogP contribution in [-0.2, 0) is 6.42 Å². The Balaban J connectivity index is 1.12. The van der Waals surface area contributed by atoms with Crippen molar-refractivity contribution in [2.24, 2.45) is 10.9 Å². The maximum atomic E-state index is 14.0. The average molecular weight is 669 g/mol. The van der Waals surface area contributed by atoms with Crippen LogP contribution in [0.15, 0.2) is 78.0 Å². The lowest BCUT2D eigenvalue weighted by atomic mass is 9.97. The number of amidine groups is 1. The van der Waals surface area contributed by atoms with Crippen LogP contribution in [0.25, 0.3) is 17.1 Å². The lowest BCUT2D eigenvalue weighted by Crippen LogP contribution is -2.36. The summed E-state index contributed by atoms with van der Waals surface area (Å²) >= 11 is 1.53. The Morgan fingerprint density at radius 1 is 1.06 bits per heavy atom. The molecule has 47 heavy (non-hydrogen) atoms. The molecule has 1 fully saturated rings. The summed E-state index contributed by atoms with van der Waals surface area (Å²) < 4.78 is 56.6. The number of thioether (sulfide) groups is 1. The van der Waals surface area contributed by atoms with E-state index in [2.05, 4.69) is 32.1 Å². The second-order valence-electron chi connectivity index (χ2n) is 11.7. The van der Waals surface area contributed by atoms with Gasteiger partial charge < -0.3 is 15.0 Å². The highest BCUT2D eigenvalue weighted by Crippen LogP contribution is 2.33. The summed E-state index contributed by atoms with van der Waals surface area (Å²) in [5, 5.41) is 8.00. The highest BCUT2D eigenvalue weighted by molar-refractivity contribution is 8.14. The van der Waals surface area contributed by atoms with Crippen LogP contribution in [0.4, 0.5) is 28.0 Å². The number of carbonyl (C=O) groups is 1. The lowest BCUT2D eigenvalue weighted by molar-refractivity contribution is -0.274. The number of nitrogens with one attached hydrogen (secondary N) is 1. The fourth-order valence-electron chi connectivity index (χ4n) is 5.28. The monoisotopic (exact) mass is 668 g/mol. The Morgan fingerprint density at radius 2 is 1.81 bits per heavy atom. The van der Waals surface area contributed by atoms with Crippen LogP contribution in [0.1, 0.15) is 50.7 Å². The molecule has 0 radical (unpaired) electrons. The highest BCUT2D eigenvalue weighted by atomic mass is 32.2. The predicted octanol–water partition coefficient (Wildman–Crippen LogP) is 8.37. The number of aliphatic imine (C=N–C) groups is 1. The quantitative estimate of drug-likeness (QED) is 0.171. The van der Waals surface area contributed by atoms with E-state index in [1.54, 1.807) is 12.1 Å². The normalized spacial score (nSPS) is 15.2. The number of carbonyl (C=O) groups excluding carboxylic acids is 1. The van der Waals surface area contributed by atoms with Crippen LogP contribution < -0.4 is 15.0 Å². The largest absolute Gasteiger partial charge is 0.573 e. The van der Waals surface area contributed by atoms with Gasteiger partial charge >= 0.3 is 12.4 Å². The molecule has 0 spiro atoms. The minimum absolute atomic E-state index is 0.125. The molecule has 0 saturated carbocycles. The van der Waals surface area contributed by atoms with Crippen LogP contribution in [-0.4, -0.2) is 51.2 Å². The van der Waals surface area contributed by atoms with Crippen molar-refractivity contribution in [1.82, 2.24) is 20.1 Å². The van der Waals surface area contributed by atoms with Gasteiger partial charge in [0.15, 0.2) is 11.0 Å². The van der Waals surface area contributed by atoms with Gasteiger partial charge in [-0.15, -0.1) is 18.3 Å². The van der Waals surface area contributed by atoms with Crippen molar-refractivity contribution in [3.05, 3.63) is 90.0 Å². The second kappa shape index (κ2) is 15.0. The summed E-state index contributed by atoms with van der Waals surface area (Å²) in [6, 6.07) is 17.7. The Kier molecular flexibility index (Phi) is 10.8. The van der Waals surface area contributed by atoms with E-state index in [9.17, 15) is 22.4 Å². The first kappa shape index (κ1) is 34.0. The zero-order valence-electron chi connectivity index (χ0n) is 26.3. The number of ether oxygens (including phenoxy) is 1. The molecule has 2 amide bonds. The minimum atomic E-state index is -4.75. The first-order valence-electron chi connectivity index (χ1n) is 15.4. The van der Waals surface area contributed by atoms with Crippen LogP contribution in [0.3, 0.4) is 0 Å². The predicted molar refractivity (Wildman–Crippen MR) is 177 cm³/mol. The minimum Gasteiger partial charge on any atom is -0.406 e. The molecule has 2 heterocycles. The van der Waals surface area contributed by atoms with Crippen LogP contribution >= 0.6 is 11.8 Å². The topological polar surface area (TPSA) is 84.6 Å². The molecule has 1 saturated heterocycles. The summed E-state index contributed by atoms with van der Waals surface area (Å²) in [6.07, 6.45) is -0.727. The summed E-state index contributed by atoms with van der Waals surface area (Å²) in [7, 11) is 0. The van der Waals surface area contributed by atoms with Crippen LogP contribution in [0.5, 0.6) is 5.75 Å². The molecule has 13 heteroatoms. The molecule has 1 aliphatic heterocycles. The van der Waals surface area contributed by atoms with E-state index in [-0.39, 0.29) is 23.5 Å².